The Balaban J connectivity index is 2.42. The van der Waals surface area contributed by atoms with Gasteiger partial charge in [0.2, 0.25) is 5.95 Å². The summed E-state index contributed by atoms with van der Waals surface area (Å²) in [7, 11) is 3.96. The van der Waals surface area contributed by atoms with Gasteiger partial charge in [0, 0.05) is 13.1 Å². The van der Waals surface area contributed by atoms with E-state index >= 15 is 0 Å². The van der Waals surface area contributed by atoms with E-state index in [9.17, 15) is 4.39 Å². The molecule has 0 saturated heterocycles. The molecule has 0 spiro atoms. The Bertz CT molecular complexity index is 504. The number of halogens is 1. The van der Waals surface area contributed by atoms with Gasteiger partial charge in [-0.3, -0.25) is 0 Å². The van der Waals surface area contributed by atoms with Crippen LogP contribution in [0.1, 0.15) is 0 Å². The minimum absolute atomic E-state index is 0.265. The molecule has 0 aliphatic rings. The maximum atomic E-state index is 13.1. The van der Waals surface area contributed by atoms with Crippen LogP contribution in [0.4, 0.5) is 10.3 Å². The predicted molar refractivity (Wildman–Crippen MR) is 62.7 cm³/mol. The van der Waals surface area contributed by atoms with Crippen LogP contribution in [-0.2, 0) is 6.54 Å². The molecule has 86 valence electrons. The van der Waals surface area contributed by atoms with Gasteiger partial charge < -0.3 is 15.2 Å². The van der Waals surface area contributed by atoms with Crippen LogP contribution in [0.3, 0.4) is 0 Å². The van der Waals surface area contributed by atoms with E-state index in [-0.39, 0.29) is 5.82 Å². The lowest BCUT2D eigenvalue weighted by Gasteiger charge is -2.11. The average molecular weight is 222 g/mol. The first-order valence-corrected chi connectivity index (χ1v) is 5.14. The second kappa shape index (κ2) is 4.09. The van der Waals surface area contributed by atoms with Gasteiger partial charge in [0.1, 0.15) is 5.82 Å². The van der Waals surface area contributed by atoms with E-state index in [0.717, 1.165) is 17.6 Å². The Kier molecular flexibility index (Phi) is 2.78. The molecule has 1 heterocycles. The molecule has 4 nitrogen and oxygen atoms in total. The number of hydrogen-bond acceptors (Lipinski definition) is 3. The van der Waals surface area contributed by atoms with E-state index < -0.39 is 0 Å². The molecule has 1 aromatic carbocycles. The number of nitrogen functional groups attached to an aromatic ring is 1. The second-order valence-corrected chi connectivity index (χ2v) is 4.06. The van der Waals surface area contributed by atoms with Crippen molar-refractivity contribution in [2.75, 3.05) is 26.4 Å². The van der Waals surface area contributed by atoms with Gasteiger partial charge in [-0.1, -0.05) is 0 Å². The monoisotopic (exact) mass is 222 g/mol. The predicted octanol–water partition coefficient (Wildman–Crippen LogP) is 1.32. The SMILES string of the molecule is CN(C)CCn1c(N)nc2ccc(F)cc21. The third-order valence-electron chi connectivity index (χ3n) is 2.51. The van der Waals surface area contributed by atoms with Crippen molar-refractivity contribution in [1.29, 1.82) is 0 Å². The summed E-state index contributed by atoms with van der Waals surface area (Å²) < 4.78 is 15.0. The molecule has 0 atom stereocenters. The molecule has 0 bridgehead atoms. The lowest BCUT2D eigenvalue weighted by molar-refractivity contribution is 0.387. The van der Waals surface area contributed by atoms with Crippen molar-refractivity contribution < 1.29 is 4.39 Å². The molecule has 2 aromatic rings. The zero-order valence-corrected chi connectivity index (χ0v) is 9.44. The Labute approximate surface area is 93.5 Å². The normalized spacial score (nSPS) is 11.5. The van der Waals surface area contributed by atoms with Gasteiger partial charge >= 0.3 is 0 Å². The molecular weight excluding hydrogens is 207 g/mol. The zero-order chi connectivity index (χ0) is 11.7. The molecule has 0 aliphatic heterocycles. The maximum absolute atomic E-state index is 13.1. The molecule has 0 aliphatic carbocycles. The van der Waals surface area contributed by atoms with Gasteiger partial charge in [0.25, 0.3) is 0 Å². The van der Waals surface area contributed by atoms with E-state index in [1.165, 1.54) is 12.1 Å². The number of anilines is 1. The zero-order valence-electron chi connectivity index (χ0n) is 9.44. The van der Waals surface area contributed by atoms with Crippen molar-refractivity contribution in [1.82, 2.24) is 14.5 Å². The van der Waals surface area contributed by atoms with Gasteiger partial charge in [-0.15, -0.1) is 0 Å². The smallest absolute Gasteiger partial charge is 0.201 e. The summed E-state index contributed by atoms with van der Waals surface area (Å²) in [5, 5.41) is 0. The molecule has 0 fully saturated rings. The summed E-state index contributed by atoms with van der Waals surface area (Å²) in [5.74, 6) is 0.168. The summed E-state index contributed by atoms with van der Waals surface area (Å²) >= 11 is 0. The number of aromatic nitrogens is 2. The lowest BCUT2D eigenvalue weighted by Crippen LogP contribution is -2.19. The molecule has 0 saturated carbocycles. The number of benzene rings is 1. The highest BCUT2D eigenvalue weighted by Crippen LogP contribution is 2.18. The minimum Gasteiger partial charge on any atom is -0.369 e. The first kappa shape index (κ1) is 10.9. The van der Waals surface area contributed by atoms with E-state index in [1.54, 1.807) is 6.07 Å². The molecule has 2 rings (SSSR count). The van der Waals surface area contributed by atoms with E-state index in [4.69, 9.17) is 5.73 Å². The quantitative estimate of drug-likeness (QED) is 0.852. The second-order valence-electron chi connectivity index (χ2n) is 4.06. The van der Waals surface area contributed by atoms with Gasteiger partial charge in [0.15, 0.2) is 0 Å². The van der Waals surface area contributed by atoms with Crippen LogP contribution in [0.25, 0.3) is 11.0 Å². The molecule has 0 amide bonds. The number of rotatable bonds is 3. The molecule has 1 aromatic heterocycles. The summed E-state index contributed by atoms with van der Waals surface area (Å²) in [4.78, 5) is 6.23. The van der Waals surface area contributed by atoms with Gasteiger partial charge in [-0.25, -0.2) is 9.37 Å². The molecule has 0 unspecified atom stereocenters. The number of imidazole rings is 1. The van der Waals surface area contributed by atoms with Crippen LogP contribution in [0.2, 0.25) is 0 Å². The fraction of sp³-hybridized carbons (Fsp3) is 0.364. The van der Waals surface area contributed by atoms with Crippen molar-refractivity contribution in [3.05, 3.63) is 24.0 Å². The van der Waals surface area contributed by atoms with Crippen LogP contribution in [0, 0.1) is 5.82 Å². The first-order chi connectivity index (χ1) is 7.58. The molecular formula is C11H15FN4. The Morgan fingerprint density at radius 2 is 2.19 bits per heavy atom. The number of hydrogen-bond donors (Lipinski definition) is 1. The van der Waals surface area contributed by atoms with Crippen LogP contribution in [0.15, 0.2) is 18.2 Å². The average Bonchev–Trinajstić information content (AvgIpc) is 2.51. The Morgan fingerprint density at radius 3 is 2.88 bits per heavy atom. The van der Waals surface area contributed by atoms with Crippen molar-refractivity contribution >= 4 is 17.0 Å². The molecule has 2 N–H and O–H groups in total. The number of nitrogens with two attached hydrogens (primary N) is 1. The number of fused-ring (bicyclic) bond motifs is 1. The van der Waals surface area contributed by atoms with Crippen molar-refractivity contribution in [3.63, 3.8) is 0 Å². The fourth-order valence-corrected chi connectivity index (χ4v) is 1.65. The Morgan fingerprint density at radius 1 is 1.44 bits per heavy atom. The minimum atomic E-state index is -0.265. The lowest BCUT2D eigenvalue weighted by atomic mass is 10.3. The number of likely N-dealkylation sites (N-methyl/N-ethyl adjacent to an activating group) is 1. The maximum Gasteiger partial charge on any atom is 0.201 e. The van der Waals surface area contributed by atoms with Crippen molar-refractivity contribution in [2.45, 2.75) is 6.54 Å². The third kappa shape index (κ3) is 1.99. The summed E-state index contributed by atoms with van der Waals surface area (Å²) in [6, 6.07) is 4.51. The molecule has 0 radical (unpaired) electrons. The number of nitrogens with zero attached hydrogens (tertiary/aromatic N) is 3. The Hall–Kier alpha value is -1.62. The van der Waals surface area contributed by atoms with Crippen LogP contribution in [0.5, 0.6) is 0 Å². The molecule has 5 heteroatoms. The van der Waals surface area contributed by atoms with E-state index in [0.29, 0.717) is 12.5 Å². The van der Waals surface area contributed by atoms with Crippen LogP contribution in [-0.4, -0.2) is 35.1 Å². The third-order valence-corrected chi connectivity index (χ3v) is 2.51. The summed E-state index contributed by atoms with van der Waals surface area (Å²) in [5.41, 5.74) is 7.28. The topological polar surface area (TPSA) is 47.1 Å². The van der Waals surface area contributed by atoms with Gasteiger partial charge in [-0.2, -0.15) is 0 Å². The fourth-order valence-electron chi connectivity index (χ4n) is 1.65. The molecule has 16 heavy (non-hydrogen) atoms. The van der Waals surface area contributed by atoms with E-state index in [2.05, 4.69) is 4.98 Å². The van der Waals surface area contributed by atoms with Crippen LogP contribution >= 0.6 is 0 Å². The first-order valence-electron chi connectivity index (χ1n) is 5.14. The summed E-state index contributed by atoms with van der Waals surface area (Å²) in [6.45, 7) is 1.55. The largest absolute Gasteiger partial charge is 0.369 e. The van der Waals surface area contributed by atoms with E-state index in [1.807, 2.05) is 23.6 Å². The van der Waals surface area contributed by atoms with Crippen LogP contribution < -0.4 is 5.73 Å². The highest BCUT2D eigenvalue weighted by atomic mass is 19.1. The van der Waals surface area contributed by atoms with Crippen molar-refractivity contribution in [3.8, 4) is 0 Å². The summed E-state index contributed by atoms with van der Waals surface area (Å²) in [6.07, 6.45) is 0. The highest BCUT2D eigenvalue weighted by molar-refractivity contribution is 5.78. The highest BCUT2D eigenvalue weighted by Gasteiger charge is 2.08. The standard InChI is InChI=1S/C11H15FN4/c1-15(2)5-6-16-10-7-8(12)3-4-9(10)14-11(16)13/h3-4,7H,5-6H2,1-2H3,(H2,13,14). The van der Waals surface area contributed by atoms with Crippen molar-refractivity contribution in [2.24, 2.45) is 0 Å². The van der Waals surface area contributed by atoms with Gasteiger partial charge in [0.05, 0.1) is 11.0 Å². The van der Waals surface area contributed by atoms with Gasteiger partial charge in [-0.05, 0) is 32.3 Å².